The van der Waals surface area contributed by atoms with Gasteiger partial charge in [0.2, 0.25) is 0 Å². The van der Waals surface area contributed by atoms with E-state index in [2.05, 4.69) is 15.0 Å². The molecule has 0 N–H and O–H groups in total. The van der Waals surface area contributed by atoms with Crippen LogP contribution in [0.25, 0.3) is 0 Å². The van der Waals surface area contributed by atoms with E-state index in [4.69, 9.17) is 4.42 Å². The molecule has 15 heavy (non-hydrogen) atoms. The minimum Gasteiger partial charge on any atom is -0.436 e. The van der Waals surface area contributed by atoms with Crippen LogP contribution in [0.15, 0.2) is 26.9 Å². The van der Waals surface area contributed by atoms with E-state index < -0.39 is 6.08 Å². The van der Waals surface area contributed by atoms with E-state index in [0.717, 1.165) is 11.5 Å². The summed E-state index contributed by atoms with van der Waals surface area (Å²) in [6, 6.07) is 1.60. The Hall–Kier alpha value is -1.43. The monoisotopic (exact) mass is 225 g/mol. The van der Waals surface area contributed by atoms with E-state index in [1.165, 1.54) is 18.0 Å². The van der Waals surface area contributed by atoms with Gasteiger partial charge in [0.1, 0.15) is 10.8 Å². The predicted molar refractivity (Wildman–Crippen MR) is 52.1 cm³/mol. The van der Waals surface area contributed by atoms with Gasteiger partial charge in [-0.15, -0.1) is 0 Å². The van der Waals surface area contributed by atoms with E-state index >= 15 is 0 Å². The van der Waals surface area contributed by atoms with E-state index in [1.54, 1.807) is 6.07 Å². The highest BCUT2D eigenvalue weighted by atomic mass is 32.2. The topological polar surface area (TPSA) is 51.8 Å². The molecule has 0 aliphatic carbocycles. The molecule has 2 rings (SSSR count). The van der Waals surface area contributed by atoms with Gasteiger partial charge in [-0.25, -0.2) is 9.97 Å². The molecule has 2 aromatic heterocycles. The standard InChI is InChI=1S/C9H8FN3OS/c1-5-6(2)14-9(12-5)15-7-3-4-11-8(10)13-7/h3-4H,1-2H3. The summed E-state index contributed by atoms with van der Waals surface area (Å²) in [5, 5.41) is 0.937. The lowest BCUT2D eigenvalue weighted by Crippen LogP contribution is -1.88. The number of hydrogen-bond acceptors (Lipinski definition) is 5. The zero-order chi connectivity index (χ0) is 10.8. The number of nitrogens with zero attached hydrogens (tertiary/aromatic N) is 3. The second kappa shape index (κ2) is 3.98. The normalized spacial score (nSPS) is 10.6. The van der Waals surface area contributed by atoms with Crippen LogP contribution in [-0.2, 0) is 0 Å². The average molecular weight is 225 g/mol. The highest BCUT2D eigenvalue weighted by Crippen LogP contribution is 2.26. The summed E-state index contributed by atoms with van der Waals surface area (Å²) in [6.45, 7) is 3.68. The van der Waals surface area contributed by atoms with Crippen LogP contribution in [0.4, 0.5) is 4.39 Å². The first kappa shape index (κ1) is 10.1. The van der Waals surface area contributed by atoms with Crippen molar-refractivity contribution >= 4 is 11.8 Å². The molecule has 0 aliphatic rings. The minimum atomic E-state index is -0.750. The second-order valence-electron chi connectivity index (χ2n) is 2.89. The first-order valence-corrected chi connectivity index (χ1v) is 5.07. The van der Waals surface area contributed by atoms with Crippen LogP contribution in [-0.4, -0.2) is 15.0 Å². The fraction of sp³-hybridized carbons (Fsp3) is 0.222. The molecule has 78 valence electrons. The third-order valence-electron chi connectivity index (χ3n) is 1.80. The largest absolute Gasteiger partial charge is 0.436 e. The molecule has 2 heterocycles. The lowest BCUT2D eigenvalue weighted by atomic mass is 10.4. The van der Waals surface area contributed by atoms with Gasteiger partial charge in [0, 0.05) is 6.20 Å². The SMILES string of the molecule is Cc1nc(Sc2ccnc(F)n2)oc1C. The molecule has 0 saturated carbocycles. The molecule has 0 aliphatic heterocycles. The Kier molecular flexibility index (Phi) is 2.68. The molecule has 0 atom stereocenters. The van der Waals surface area contributed by atoms with Gasteiger partial charge in [0.05, 0.1) is 5.69 Å². The van der Waals surface area contributed by atoms with Crippen molar-refractivity contribution in [1.29, 1.82) is 0 Å². The maximum Gasteiger partial charge on any atom is 0.309 e. The van der Waals surface area contributed by atoms with Crippen molar-refractivity contribution in [2.75, 3.05) is 0 Å². The molecule has 0 spiro atoms. The zero-order valence-electron chi connectivity index (χ0n) is 8.19. The number of aromatic nitrogens is 3. The maximum atomic E-state index is 12.7. The van der Waals surface area contributed by atoms with Crippen molar-refractivity contribution in [2.24, 2.45) is 0 Å². The quantitative estimate of drug-likeness (QED) is 0.580. The van der Waals surface area contributed by atoms with Gasteiger partial charge < -0.3 is 4.42 Å². The van der Waals surface area contributed by atoms with Crippen molar-refractivity contribution in [2.45, 2.75) is 24.1 Å². The van der Waals surface area contributed by atoms with Crippen molar-refractivity contribution in [3.8, 4) is 0 Å². The Labute approximate surface area is 90.0 Å². The molecule has 2 aromatic rings. The molecular formula is C9H8FN3OS. The van der Waals surface area contributed by atoms with Gasteiger partial charge in [-0.1, -0.05) is 0 Å². The fourth-order valence-electron chi connectivity index (χ4n) is 0.953. The van der Waals surface area contributed by atoms with Gasteiger partial charge in [-0.2, -0.15) is 9.37 Å². The lowest BCUT2D eigenvalue weighted by molar-refractivity contribution is 0.430. The van der Waals surface area contributed by atoms with Crippen LogP contribution in [0.5, 0.6) is 0 Å². The van der Waals surface area contributed by atoms with E-state index in [9.17, 15) is 4.39 Å². The molecule has 0 fully saturated rings. The lowest BCUT2D eigenvalue weighted by Gasteiger charge is -1.94. The molecule has 0 saturated heterocycles. The Morgan fingerprint density at radius 2 is 2.13 bits per heavy atom. The number of hydrogen-bond donors (Lipinski definition) is 0. The van der Waals surface area contributed by atoms with Crippen molar-refractivity contribution in [3.63, 3.8) is 0 Å². The summed E-state index contributed by atoms with van der Waals surface area (Å²) in [5.74, 6) is 0.757. The Balaban J connectivity index is 2.22. The summed E-state index contributed by atoms with van der Waals surface area (Å²) in [5.41, 5.74) is 0.826. The maximum absolute atomic E-state index is 12.7. The third kappa shape index (κ3) is 2.33. The van der Waals surface area contributed by atoms with Gasteiger partial charge in [-0.3, -0.25) is 0 Å². The Morgan fingerprint density at radius 1 is 1.33 bits per heavy atom. The van der Waals surface area contributed by atoms with Gasteiger partial charge in [-0.05, 0) is 31.7 Å². The summed E-state index contributed by atoms with van der Waals surface area (Å²) >= 11 is 1.17. The van der Waals surface area contributed by atoms with Gasteiger partial charge in [0.15, 0.2) is 0 Å². The number of aryl methyl sites for hydroxylation is 2. The smallest absolute Gasteiger partial charge is 0.309 e. The number of oxazole rings is 1. The zero-order valence-corrected chi connectivity index (χ0v) is 9.01. The first-order valence-electron chi connectivity index (χ1n) is 4.25. The number of halogens is 1. The van der Waals surface area contributed by atoms with Crippen LogP contribution >= 0.6 is 11.8 Å². The Morgan fingerprint density at radius 3 is 2.73 bits per heavy atom. The molecular weight excluding hydrogens is 217 g/mol. The van der Waals surface area contributed by atoms with Crippen LogP contribution < -0.4 is 0 Å². The number of rotatable bonds is 2. The molecule has 0 unspecified atom stereocenters. The summed E-state index contributed by atoms with van der Waals surface area (Å²) in [4.78, 5) is 11.1. The minimum absolute atomic E-state index is 0.461. The predicted octanol–water partition coefficient (Wildman–Crippen LogP) is 2.37. The van der Waals surface area contributed by atoms with Gasteiger partial charge in [0.25, 0.3) is 5.22 Å². The van der Waals surface area contributed by atoms with Crippen LogP contribution in [0.2, 0.25) is 0 Å². The molecule has 6 heteroatoms. The Bertz CT molecular complexity index is 466. The first-order chi connectivity index (χ1) is 7.15. The molecule has 0 radical (unpaired) electrons. The highest BCUT2D eigenvalue weighted by Gasteiger charge is 2.08. The summed E-state index contributed by atoms with van der Waals surface area (Å²) < 4.78 is 18.0. The van der Waals surface area contributed by atoms with Crippen LogP contribution in [0.1, 0.15) is 11.5 Å². The van der Waals surface area contributed by atoms with Gasteiger partial charge >= 0.3 is 6.08 Å². The fourth-order valence-corrected chi connectivity index (χ4v) is 1.73. The summed E-state index contributed by atoms with van der Waals surface area (Å²) in [7, 11) is 0. The van der Waals surface area contributed by atoms with Crippen molar-refractivity contribution < 1.29 is 8.81 Å². The van der Waals surface area contributed by atoms with Crippen molar-refractivity contribution in [3.05, 3.63) is 29.8 Å². The summed E-state index contributed by atoms with van der Waals surface area (Å²) in [6.07, 6.45) is 0.604. The van der Waals surface area contributed by atoms with Crippen LogP contribution in [0, 0.1) is 19.9 Å². The highest BCUT2D eigenvalue weighted by molar-refractivity contribution is 7.99. The average Bonchev–Trinajstić information content (AvgIpc) is 2.45. The third-order valence-corrected chi connectivity index (χ3v) is 2.59. The second-order valence-corrected chi connectivity index (χ2v) is 3.86. The molecule has 4 nitrogen and oxygen atoms in total. The van der Waals surface area contributed by atoms with E-state index in [0.29, 0.717) is 10.2 Å². The van der Waals surface area contributed by atoms with E-state index in [-0.39, 0.29) is 0 Å². The molecule has 0 amide bonds. The van der Waals surface area contributed by atoms with E-state index in [1.807, 2.05) is 13.8 Å². The molecule has 0 bridgehead atoms. The van der Waals surface area contributed by atoms with Crippen LogP contribution in [0.3, 0.4) is 0 Å². The molecule has 0 aromatic carbocycles. The van der Waals surface area contributed by atoms with Crippen molar-refractivity contribution in [1.82, 2.24) is 15.0 Å².